The van der Waals surface area contributed by atoms with Crippen LogP contribution < -0.4 is 10.2 Å². The molecule has 3 heteroatoms. The average Bonchev–Trinajstić information content (AvgIpc) is 2.44. The van der Waals surface area contributed by atoms with E-state index in [9.17, 15) is 0 Å². The van der Waals surface area contributed by atoms with Gasteiger partial charge in [-0.05, 0) is 50.7 Å². The van der Waals surface area contributed by atoms with Gasteiger partial charge in [-0.3, -0.25) is 4.90 Å². The highest BCUT2D eigenvalue weighted by Crippen LogP contribution is 2.17. The summed E-state index contributed by atoms with van der Waals surface area (Å²) in [5, 5.41) is 3.39. The molecule has 0 saturated carbocycles. The predicted molar refractivity (Wildman–Crippen MR) is 83.0 cm³/mol. The Labute approximate surface area is 117 Å². The van der Waals surface area contributed by atoms with Crippen molar-refractivity contribution < 1.29 is 0 Å². The third kappa shape index (κ3) is 4.51. The third-order valence-electron chi connectivity index (χ3n) is 3.82. The van der Waals surface area contributed by atoms with Gasteiger partial charge >= 0.3 is 0 Å². The molecule has 0 unspecified atom stereocenters. The van der Waals surface area contributed by atoms with Crippen LogP contribution in [0.1, 0.15) is 18.9 Å². The zero-order chi connectivity index (χ0) is 13.5. The van der Waals surface area contributed by atoms with Crippen LogP contribution in [0.5, 0.6) is 0 Å². The van der Waals surface area contributed by atoms with Crippen molar-refractivity contribution in [1.29, 1.82) is 0 Å². The molecule has 0 aromatic heterocycles. The lowest BCUT2D eigenvalue weighted by Gasteiger charge is -2.36. The van der Waals surface area contributed by atoms with Crippen molar-refractivity contribution in [2.75, 3.05) is 50.7 Å². The van der Waals surface area contributed by atoms with Gasteiger partial charge in [0.1, 0.15) is 0 Å². The van der Waals surface area contributed by atoms with Gasteiger partial charge in [0.25, 0.3) is 0 Å². The first-order valence-corrected chi connectivity index (χ1v) is 7.54. The van der Waals surface area contributed by atoms with E-state index in [2.05, 4.69) is 53.2 Å². The second kappa shape index (κ2) is 7.51. The van der Waals surface area contributed by atoms with Crippen LogP contribution in [-0.2, 0) is 0 Å². The SMILES string of the molecule is CCNCCCN1CCN(c2cccc(C)c2)CC1. The molecule has 106 valence electrons. The van der Waals surface area contributed by atoms with Crippen molar-refractivity contribution in [3.8, 4) is 0 Å². The summed E-state index contributed by atoms with van der Waals surface area (Å²) >= 11 is 0. The van der Waals surface area contributed by atoms with E-state index >= 15 is 0 Å². The van der Waals surface area contributed by atoms with Gasteiger partial charge in [-0.15, -0.1) is 0 Å². The lowest BCUT2D eigenvalue weighted by Crippen LogP contribution is -2.47. The normalized spacial score (nSPS) is 16.8. The first-order valence-electron chi connectivity index (χ1n) is 7.54. The fourth-order valence-electron chi connectivity index (χ4n) is 2.66. The Balaban J connectivity index is 1.73. The maximum absolute atomic E-state index is 3.39. The molecule has 0 bridgehead atoms. The molecule has 3 nitrogen and oxygen atoms in total. The molecule has 1 heterocycles. The molecule has 0 atom stereocenters. The van der Waals surface area contributed by atoms with E-state index < -0.39 is 0 Å². The molecule has 19 heavy (non-hydrogen) atoms. The number of hydrogen-bond acceptors (Lipinski definition) is 3. The van der Waals surface area contributed by atoms with Crippen LogP contribution in [0.2, 0.25) is 0 Å². The molecule has 1 saturated heterocycles. The molecular weight excluding hydrogens is 234 g/mol. The standard InChI is InChI=1S/C16H27N3/c1-3-17-8-5-9-18-10-12-19(13-11-18)16-7-4-6-15(2)14-16/h4,6-7,14,17H,3,5,8-13H2,1-2H3. The Bertz CT molecular complexity index is 370. The number of aryl methyl sites for hydroxylation is 1. The Morgan fingerprint density at radius 1 is 1.16 bits per heavy atom. The maximum atomic E-state index is 3.39. The molecule has 0 radical (unpaired) electrons. The van der Waals surface area contributed by atoms with Gasteiger partial charge in [-0.2, -0.15) is 0 Å². The minimum absolute atomic E-state index is 1.08. The largest absolute Gasteiger partial charge is 0.369 e. The minimum atomic E-state index is 1.08. The fourth-order valence-corrected chi connectivity index (χ4v) is 2.66. The van der Waals surface area contributed by atoms with Crippen molar-refractivity contribution >= 4 is 5.69 Å². The van der Waals surface area contributed by atoms with Gasteiger partial charge in [-0.25, -0.2) is 0 Å². The maximum Gasteiger partial charge on any atom is 0.0369 e. The van der Waals surface area contributed by atoms with Crippen LogP contribution >= 0.6 is 0 Å². The number of benzene rings is 1. The summed E-state index contributed by atoms with van der Waals surface area (Å²) in [5.41, 5.74) is 2.73. The van der Waals surface area contributed by atoms with Crippen LogP contribution in [0.15, 0.2) is 24.3 Å². The number of hydrogen-bond donors (Lipinski definition) is 1. The van der Waals surface area contributed by atoms with E-state index in [1.165, 1.54) is 37.3 Å². The molecule has 1 N–H and O–H groups in total. The molecule has 0 spiro atoms. The zero-order valence-corrected chi connectivity index (χ0v) is 12.4. The molecule has 0 amide bonds. The summed E-state index contributed by atoms with van der Waals surface area (Å²) in [6.07, 6.45) is 1.26. The summed E-state index contributed by atoms with van der Waals surface area (Å²) in [4.78, 5) is 5.09. The monoisotopic (exact) mass is 261 g/mol. The predicted octanol–water partition coefficient (Wildman–Crippen LogP) is 2.12. The van der Waals surface area contributed by atoms with Crippen molar-refractivity contribution in [3.63, 3.8) is 0 Å². The molecule has 2 rings (SSSR count). The third-order valence-corrected chi connectivity index (χ3v) is 3.82. The van der Waals surface area contributed by atoms with E-state index in [1.807, 2.05) is 0 Å². The topological polar surface area (TPSA) is 18.5 Å². The van der Waals surface area contributed by atoms with E-state index in [0.717, 1.165) is 26.2 Å². The molecule has 1 aliphatic heterocycles. The second-order valence-corrected chi connectivity index (χ2v) is 5.37. The van der Waals surface area contributed by atoms with Crippen LogP contribution in [0.4, 0.5) is 5.69 Å². The van der Waals surface area contributed by atoms with Gasteiger partial charge in [0.05, 0.1) is 0 Å². The van der Waals surface area contributed by atoms with Crippen LogP contribution in [0.25, 0.3) is 0 Å². The fraction of sp³-hybridized carbons (Fsp3) is 0.625. The summed E-state index contributed by atoms with van der Waals surface area (Å²) in [6, 6.07) is 8.85. The highest BCUT2D eigenvalue weighted by Gasteiger charge is 2.16. The van der Waals surface area contributed by atoms with Crippen LogP contribution in [0.3, 0.4) is 0 Å². The van der Waals surface area contributed by atoms with Crippen LogP contribution in [-0.4, -0.2) is 50.7 Å². The van der Waals surface area contributed by atoms with Crippen LogP contribution in [0, 0.1) is 6.92 Å². The average molecular weight is 261 g/mol. The van der Waals surface area contributed by atoms with Crippen molar-refractivity contribution in [2.45, 2.75) is 20.3 Å². The van der Waals surface area contributed by atoms with Gasteiger partial charge in [0.15, 0.2) is 0 Å². The highest BCUT2D eigenvalue weighted by molar-refractivity contribution is 5.48. The quantitative estimate of drug-likeness (QED) is 0.791. The molecule has 1 aromatic carbocycles. The molecule has 1 aliphatic rings. The first-order chi connectivity index (χ1) is 9.29. The Hall–Kier alpha value is -1.06. The van der Waals surface area contributed by atoms with Crippen molar-refractivity contribution in [2.24, 2.45) is 0 Å². The Kier molecular flexibility index (Phi) is 5.67. The highest BCUT2D eigenvalue weighted by atomic mass is 15.3. The number of piperazine rings is 1. The Morgan fingerprint density at radius 2 is 1.95 bits per heavy atom. The molecule has 0 aliphatic carbocycles. The van der Waals surface area contributed by atoms with Crippen molar-refractivity contribution in [3.05, 3.63) is 29.8 Å². The molecule has 1 fully saturated rings. The minimum Gasteiger partial charge on any atom is -0.369 e. The van der Waals surface area contributed by atoms with E-state index in [4.69, 9.17) is 0 Å². The van der Waals surface area contributed by atoms with Crippen molar-refractivity contribution in [1.82, 2.24) is 10.2 Å². The number of rotatable bonds is 6. The zero-order valence-electron chi connectivity index (χ0n) is 12.4. The summed E-state index contributed by atoms with van der Waals surface area (Å²) in [6.45, 7) is 12.5. The van der Waals surface area contributed by atoms with E-state index in [1.54, 1.807) is 0 Å². The second-order valence-electron chi connectivity index (χ2n) is 5.37. The number of nitrogens with zero attached hydrogens (tertiary/aromatic N) is 2. The lowest BCUT2D eigenvalue weighted by molar-refractivity contribution is 0.254. The van der Waals surface area contributed by atoms with Gasteiger partial charge in [0.2, 0.25) is 0 Å². The summed E-state index contributed by atoms with van der Waals surface area (Å²) < 4.78 is 0. The van der Waals surface area contributed by atoms with Gasteiger partial charge in [-0.1, -0.05) is 19.1 Å². The first kappa shape index (κ1) is 14.4. The summed E-state index contributed by atoms with van der Waals surface area (Å²) in [7, 11) is 0. The van der Waals surface area contributed by atoms with E-state index in [0.29, 0.717) is 0 Å². The number of anilines is 1. The molecular formula is C16H27N3. The smallest absolute Gasteiger partial charge is 0.0369 e. The lowest BCUT2D eigenvalue weighted by atomic mass is 10.2. The Morgan fingerprint density at radius 3 is 2.63 bits per heavy atom. The van der Waals surface area contributed by atoms with E-state index in [-0.39, 0.29) is 0 Å². The number of nitrogens with one attached hydrogen (secondary N) is 1. The van der Waals surface area contributed by atoms with Gasteiger partial charge < -0.3 is 10.2 Å². The molecule has 1 aromatic rings. The van der Waals surface area contributed by atoms with Gasteiger partial charge in [0, 0.05) is 31.9 Å². The summed E-state index contributed by atoms with van der Waals surface area (Å²) in [5.74, 6) is 0.